The molecule has 28 heavy (non-hydrogen) atoms. The molecular weight excluding hydrogens is 601 g/mol. The molecule has 0 aromatic heterocycles. The van der Waals surface area contributed by atoms with Crippen molar-refractivity contribution in [2.24, 2.45) is 11.8 Å². The van der Waals surface area contributed by atoms with Crippen LogP contribution in [0.15, 0.2) is 22.2 Å². The van der Waals surface area contributed by atoms with Gasteiger partial charge in [-0.1, -0.05) is 58.6 Å². The van der Waals surface area contributed by atoms with Gasteiger partial charge in [-0.05, 0) is 6.55 Å². The highest BCUT2D eigenvalue weighted by Gasteiger charge is 2.83. The van der Waals surface area contributed by atoms with Crippen molar-refractivity contribution in [3.8, 4) is 0 Å². The standard InChI is InChI=1S/C10H5Cl7.CH12O5Si5/c11-4-2-1-3-5(4)9(15)7(13)6(12)8(3,14)10(9,16)17;1-11-5-9-3-7-2-8-4-10-6-11/h1-5H;11H,7-10H2,1H3. The minimum atomic E-state index is -1.48. The molecule has 1 saturated carbocycles. The maximum absolute atomic E-state index is 6.57. The van der Waals surface area contributed by atoms with Crippen LogP contribution in [-0.4, -0.2) is 68.8 Å². The Labute approximate surface area is 209 Å². The van der Waals surface area contributed by atoms with E-state index in [0.717, 1.165) is 0 Å². The molecule has 0 N–H and O–H groups in total. The van der Waals surface area contributed by atoms with Gasteiger partial charge in [-0.2, -0.15) is 0 Å². The van der Waals surface area contributed by atoms with Crippen LogP contribution in [-0.2, 0) is 20.6 Å². The Morgan fingerprint density at radius 2 is 1.36 bits per heavy atom. The number of fused-ring (bicyclic) bond motifs is 5. The van der Waals surface area contributed by atoms with Gasteiger partial charge >= 0.3 is 0 Å². The second kappa shape index (κ2) is 9.71. The van der Waals surface area contributed by atoms with Crippen molar-refractivity contribution in [2.45, 2.75) is 26.0 Å². The summed E-state index contributed by atoms with van der Waals surface area (Å²) in [5.74, 6) is -0.470. The molecule has 1 heterocycles. The van der Waals surface area contributed by atoms with Crippen LogP contribution in [0.2, 0.25) is 6.55 Å². The second-order valence-corrected chi connectivity index (χ2v) is 19.9. The topological polar surface area (TPSA) is 46.2 Å². The van der Waals surface area contributed by atoms with E-state index in [9.17, 15) is 0 Å². The van der Waals surface area contributed by atoms with E-state index in [0.29, 0.717) is 0 Å². The monoisotopic (exact) mass is 614 g/mol. The van der Waals surface area contributed by atoms with E-state index in [1.165, 1.54) is 0 Å². The Hall–Kier alpha value is 2.39. The van der Waals surface area contributed by atoms with E-state index in [1.807, 2.05) is 18.7 Å². The van der Waals surface area contributed by atoms with Crippen LogP contribution in [0.25, 0.3) is 0 Å². The number of rotatable bonds is 0. The van der Waals surface area contributed by atoms with Crippen LogP contribution in [0.3, 0.4) is 0 Å². The summed E-state index contributed by atoms with van der Waals surface area (Å²) < 4.78 is 25.0. The molecule has 0 aromatic rings. The molecule has 3 aliphatic carbocycles. The van der Waals surface area contributed by atoms with Crippen molar-refractivity contribution in [2.75, 3.05) is 0 Å². The smallest absolute Gasteiger partial charge is 0.299 e. The van der Waals surface area contributed by atoms with Gasteiger partial charge in [0.05, 0.1) is 15.4 Å². The quantitative estimate of drug-likeness (QED) is 0.232. The molecule has 17 heteroatoms. The molecule has 5 atom stereocenters. The van der Waals surface area contributed by atoms with Gasteiger partial charge in [-0.25, -0.2) is 0 Å². The first-order valence-electron chi connectivity index (χ1n) is 8.20. The highest BCUT2D eigenvalue weighted by molar-refractivity contribution is 6.66. The summed E-state index contributed by atoms with van der Waals surface area (Å²) in [6.45, 7) is 2.01. The van der Waals surface area contributed by atoms with Crippen molar-refractivity contribution in [3.05, 3.63) is 22.2 Å². The molecular formula is C11H17Cl7O5Si5. The molecule has 2 bridgehead atoms. The summed E-state index contributed by atoms with van der Waals surface area (Å²) >= 11 is 44.5. The van der Waals surface area contributed by atoms with E-state index in [-0.39, 0.29) is 27.3 Å². The van der Waals surface area contributed by atoms with Gasteiger partial charge in [0.1, 0.15) is 9.75 Å². The first kappa shape index (κ1) is 25.0. The van der Waals surface area contributed by atoms with Crippen LogP contribution < -0.4 is 0 Å². The fourth-order valence-electron chi connectivity index (χ4n) is 3.64. The van der Waals surface area contributed by atoms with Gasteiger partial charge in [0.25, 0.3) is 49.3 Å². The van der Waals surface area contributed by atoms with Gasteiger partial charge in [-0.15, -0.1) is 34.8 Å². The van der Waals surface area contributed by atoms with Crippen LogP contribution in [0.5, 0.6) is 0 Å². The molecule has 1 saturated heterocycles. The van der Waals surface area contributed by atoms with E-state index < -0.39 is 63.4 Å². The van der Waals surface area contributed by atoms with Crippen LogP contribution in [0, 0.1) is 11.8 Å². The van der Waals surface area contributed by atoms with Crippen molar-refractivity contribution >= 4 is 131 Å². The molecule has 1 aliphatic heterocycles. The minimum Gasteiger partial charge on any atom is -0.425 e. The van der Waals surface area contributed by atoms with E-state index in [1.54, 1.807) is 0 Å². The highest BCUT2D eigenvalue weighted by atomic mass is 35.5. The number of allylic oxidation sites excluding steroid dienone is 4. The normalized spacial score (nSPS) is 48.3. The molecule has 160 valence electrons. The van der Waals surface area contributed by atoms with Crippen molar-refractivity contribution < 1.29 is 20.6 Å². The average Bonchev–Trinajstić information content (AvgIpc) is 3.14. The predicted octanol–water partition coefficient (Wildman–Crippen LogP) is 1.17. The highest BCUT2D eigenvalue weighted by Crippen LogP contribution is 2.78. The van der Waals surface area contributed by atoms with E-state index in [4.69, 9.17) is 102 Å². The van der Waals surface area contributed by atoms with Gasteiger partial charge in [0.15, 0.2) is 4.33 Å². The lowest BCUT2D eigenvalue weighted by molar-refractivity contribution is 0.336. The van der Waals surface area contributed by atoms with Crippen molar-refractivity contribution in [1.82, 2.24) is 0 Å². The summed E-state index contributed by atoms with van der Waals surface area (Å²) in [4.78, 5) is -2.45. The average molecular weight is 618 g/mol. The predicted molar refractivity (Wildman–Crippen MR) is 129 cm³/mol. The molecule has 0 aromatic carbocycles. The summed E-state index contributed by atoms with van der Waals surface area (Å²) in [7, 11) is -4.39. The van der Waals surface area contributed by atoms with Crippen molar-refractivity contribution in [3.63, 3.8) is 0 Å². The van der Waals surface area contributed by atoms with E-state index in [2.05, 4.69) is 0 Å². The molecule has 4 aliphatic rings. The van der Waals surface area contributed by atoms with Crippen LogP contribution in [0.1, 0.15) is 0 Å². The zero-order valence-electron chi connectivity index (χ0n) is 14.5. The largest absolute Gasteiger partial charge is 0.425 e. The minimum absolute atomic E-state index is 0.205. The van der Waals surface area contributed by atoms with Gasteiger partial charge in [0.2, 0.25) is 0 Å². The maximum Gasteiger partial charge on any atom is 0.299 e. The molecule has 5 nitrogen and oxygen atoms in total. The fourth-order valence-corrected chi connectivity index (χ4v) is 16.3. The first-order chi connectivity index (χ1) is 13.1. The second-order valence-electron chi connectivity index (χ2n) is 6.49. The SMILES string of the molecule is C[SiH]1O[SiH2]O[SiH2]O[SiH2]O[SiH2]O1.ClC1=C(Cl)C2(Cl)C3C(Cl)C=CC3C1(Cl)C2(Cl)Cl. The lowest BCUT2D eigenvalue weighted by Gasteiger charge is -2.34. The summed E-state index contributed by atoms with van der Waals surface area (Å²) in [6, 6.07) is 0. The third-order valence-corrected chi connectivity index (χ3v) is 18.6. The lowest BCUT2D eigenvalue weighted by atomic mass is 9.84. The summed E-state index contributed by atoms with van der Waals surface area (Å²) in [5, 5.41) is 0.113. The Bertz CT molecular complexity index is 664. The van der Waals surface area contributed by atoms with Gasteiger partial charge < -0.3 is 20.6 Å². The zero-order chi connectivity index (χ0) is 20.7. The third kappa shape index (κ3) is 3.96. The van der Waals surface area contributed by atoms with Gasteiger partial charge in [-0.3, -0.25) is 0 Å². The molecule has 5 unspecified atom stereocenters. The Balaban J connectivity index is 0.000000178. The van der Waals surface area contributed by atoms with Crippen LogP contribution in [0.4, 0.5) is 0 Å². The molecule has 0 amide bonds. The molecule has 0 radical (unpaired) electrons. The number of hydrogen-bond acceptors (Lipinski definition) is 5. The number of alkyl halides is 5. The maximum atomic E-state index is 6.57. The Kier molecular flexibility index (Phi) is 8.68. The number of halogens is 7. The molecule has 4 rings (SSSR count). The summed E-state index contributed by atoms with van der Waals surface area (Å²) in [6.07, 6.45) is 3.69. The molecule has 2 fully saturated rings. The molecule has 0 spiro atoms. The van der Waals surface area contributed by atoms with E-state index >= 15 is 0 Å². The van der Waals surface area contributed by atoms with Crippen LogP contribution >= 0.6 is 81.2 Å². The Morgan fingerprint density at radius 3 is 1.93 bits per heavy atom. The lowest BCUT2D eigenvalue weighted by Crippen LogP contribution is -2.45. The fraction of sp³-hybridized carbons (Fsp3) is 0.636. The zero-order valence-corrected chi connectivity index (χ0v) is 26.6. The third-order valence-electron chi connectivity index (χ3n) is 5.00. The first-order valence-corrected chi connectivity index (χ1v) is 17.6. The van der Waals surface area contributed by atoms with Gasteiger partial charge in [0, 0.05) is 11.8 Å². The van der Waals surface area contributed by atoms with Crippen molar-refractivity contribution in [1.29, 1.82) is 0 Å². The Morgan fingerprint density at radius 1 is 0.857 bits per heavy atom. The summed E-state index contributed by atoms with van der Waals surface area (Å²) in [5.41, 5.74) is 0. The number of hydrogen-bond donors (Lipinski definition) is 0.